The molecule has 1 aliphatic carbocycles. The average molecular weight is 240 g/mol. The third-order valence-corrected chi connectivity index (χ3v) is 4.45. The van der Waals surface area contributed by atoms with Gasteiger partial charge in [-0.3, -0.25) is 4.98 Å². The van der Waals surface area contributed by atoms with Crippen LogP contribution in [0.1, 0.15) is 37.7 Å². The van der Waals surface area contributed by atoms with E-state index in [1.165, 1.54) is 48.4 Å². The smallest absolute Gasteiger partial charge is 0.0346 e. The summed E-state index contributed by atoms with van der Waals surface area (Å²) in [6, 6.07) is 8.68. The predicted molar refractivity (Wildman–Crippen MR) is 75.6 cm³/mol. The second-order valence-corrected chi connectivity index (χ2v) is 5.45. The van der Waals surface area contributed by atoms with Crippen LogP contribution in [-0.2, 0) is 5.41 Å². The first-order valence-electron chi connectivity index (χ1n) is 6.89. The monoisotopic (exact) mass is 240 g/mol. The van der Waals surface area contributed by atoms with E-state index >= 15 is 0 Å². The molecule has 1 aromatic heterocycles. The third kappa shape index (κ3) is 1.81. The lowest BCUT2D eigenvalue weighted by atomic mass is 9.68. The van der Waals surface area contributed by atoms with Crippen LogP contribution in [0.4, 0.5) is 0 Å². The summed E-state index contributed by atoms with van der Waals surface area (Å²) in [5, 5.41) is 2.56. The lowest BCUT2D eigenvalue weighted by Gasteiger charge is -2.37. The fourth-order valence-electron chi connectivity index (χ4n) is 3.40. The van der Waals surface area contributed by atoms with Gasteiger partial charge in [0.25, 0.3) is 0 Å². The number of nitrogens with two attached hydrogens (primary N) is 1. The molecule has 94 valence electrons. The third-order valence-electron chi connectivity index (χ3n) is 4.45. The van der Waals surface area contributed by atoms with Gasteiger partial charge in [-0.05, 0) is 29.9 Å². The van der Waals surface area contributed by atoms with Gasteiger partial charge in [0.05, 0.1) is 0 Å². The number of nitrogens with zero attached hydrogens (tertiary/aromatic N) is 1. The van der Waals surface area contributed by atoms with Crippen LogP contribution in [0, 0.1) is 0 Å². The molecule has 1 heterocycles. The van der Waals surface area contributed by atoms with Crippen molar-refractivity contribution in [2.45, 2.75) is 37.5 Å². The van der Waals surface area contributed by atoms with Gasteiger partial charge in [-0.1, -0.05) is 37.5 Å². The molecule has 2 heteroatoms. The Morgan fingerprint density at radius 3 is 2.72 bits per heavy atom. The van der Waals surface area contributed by atoms with Crippen LogP contribution >= 0.6 is 0 Å². The van der Waals surface area contributed by atoms with Crippen LogP contribution in [0.5, 0.6) is 0 Å². The molecular weight excluding hydrogens is 220 g/mol. The van der Waals surface area contributed by atoms with Gasteiger partial charge in [0, 0.05) is 29.7 Å². The number of fused-ring (bicyclic) bond motifs is 1. The largest absolute Gasteiger partial charge is 0.330 e. The zero-order valence-electron chi connectivity index (χ0n) is 10.7. The normalized spacial score (nSPS) is 18.9. The maximum absolute atomic E-state index is 6.15. The molecule has 2 N–H and O–H groups in total. The lowest BCUT2D eigenvalue weighted by Crippen LogP contribution is -2.37. The quantitative estimate of drug-likeness (QED) is 0.873. The predicted octanol–water partition coefficient (Wildman–Crippen LogP) is 3.40. The summed E-state index contributed by atoms with van der Waals surface area (Å²) in [5.74, 6) is 0. The Labute approximate surface area is 108 Å². The molecule has 1 aliphatic rings. The number of benzene rings is 1. The van der Waals surface area contributed by atoms with Crippen molar-refractivity contribution >= 4 is 10.8 Å². The van der Waals surface area contributed by atoms with Gasteiger partial charge in [0.2, 0.25) is 0 Å². The van der Waals surface area contributed by atoms with Crippen molar-refractivity contribution in [2.24, 2.45) is 5.73 Å². The number of rotatable bonds is 2. The van der Waals surface area contributed by atoms with Gasteiger partial charge in [0.1, 0.15) is 0 Å². The first-order valence-corrected chi connectivity index (χ1v) is 6.89. The van der Waals surface area contributed by atoms with Gasteiger partial charge >= 0.3 is 0 Å². The molecule has 1 fully saturated rings. The van der Waals surface area contributed by atoms with Crippen molar-refractivity contribution in [3.8, 4) is 0 Å². The van der Waals surface area contributed by atoms with E-state index in [1.54, 1.807) is 0 Å². The summed E-state index contributed by atoms with van der Waals surface area (Å²) in [6.45, 7) is 0.758. The van der Waals surface area contributed by atoms with Crippen molar-refractivity contribution in [3.63, 3.8) is 0 Å². The van der Waals surface area contributed by atoms with E-state index in [1.807, 2.05) is 12.4 Å². The van der Waals surface area contributed by atoms with E-state index < -0.39 is 0 Å². The van der Waals surface area contributed by atoms with Gasteiger partial charge in [-0.15, -0.1) is 0 Å². The minimum absolute atomic E-state index is 0.194. The summed E-state index contributed by atoms with van der Waals surface area (Å²) < 4.78 is 0. The molecule has 0 bridgehead atoms. The van der Waals surface area contributed by atoms with E-state index in [0.717, 1.165) is 6.54 Å². The number of pyridine rings is 1. The zero-order chi connectivity index (χ0) is 12.4. The van der Waals surface area contributed by atoms with E-state index in [2.05, 4.69) is 29.2 Å². The Kier molecular flexibility index (Phi) is 3.04. The summed E-state index contributed by atoms with van der Waals surface area (Å²) in [5.41, 5.74) is 7.77. The van der Waals surface area contributed by atoms with Crippen molar-refractivity contribution in [3.05, 3.63) is 42.2 Å². The van der Waals surface area contributed by atoms with E-state index in [-0.39, 0.29) is 5.41 Å². The Morgan fingerprint density at radius 1 is 1.11 bits per heavy atom. The minimum atomic E-state index is 0.194. The Balaban J connectivity index is 2.17. The molecule has 0 radical (unpaired) electrons. The highest BCUT2D eigenvalue weighted by Crippen LogP contribution is 2.41. The lowest BCUT2D eigenvalue weighted by molar-refractivity contribution is 0.303. The number of hydrogen-bond acceptors (Lipinski definition) is 2. The maximum Gasteiger partial charge on any atom is 0.0346 e. The molecule has 0 aliphatic heterocycles. The Hall–Kier alpha value is -1.41. The zero-order valence-corrected chi connectivity index (χ0v) is 10.7. The van der Waals surface area contributed by atoms with Gasteiger partial charge in [-0.25, -0.2) is 0 Å². The molecule has 0 atom stereocenters. The fourth-order valence-corrected chi connectivity index (χ4v) is 3.40. The highest BCUT2D eigenvalue weighted by atomic mass is 14.6. The molecule has 0 amide bonds. The molecule has 18 heavy (non-hydrogen) atoms. The van der Waals surface area contributed by atoms with Crippen molar-refractivity contribution in [1.29, 1.82) is 0 Å². The van der Waals surface area contributed by atoms with Crippen molar-refractivity contribution in [1.82, 2.24) is 4.98 Å². The molecule has 2 aromatic rings. The van der Waals surface area contributed by atoms with E-state index in [9.17, 15) is 0 Å². The topological polar surface area (TPSA) is 38.9 Å². The fraction of sp³-hybridized carbons (Fsp3) is 0.438. The van der Waals surface area contributed by atoms with Gasteiger partial charge < -0.3 is 5.73 Å². The standard InChI is InChI=1S/C16H20N2/c17-12-16(8-2-1-3-9-16)15-6-4-5-13-11-18-10-7-14(13)15/h4-7,10-11H,1-3,8-9,12,17H2. The second kappa shape index (κ2) is 4.69. The molecule has 0 saturated heterocycles. The second-order valence-electron chi connectivity index (χ2n) is 5.45. The van der Waals surface area contributed by atoms with Crippen molar-refractivity contribution in [2.75, 3.05) is 6.54 Å². The molecular formula is C16H20N2. The highest BCUT2D eigenvalue weighted by Gasteiger charge is 2.33. The van der Waals surface area contributed by atoms with Gasteiger partial charge in [-0.2, -0.15) is 0 Å². The molecule has 2 nitrogen and oxygen atoms in total. The number of aromatic nitrogens is 1. The SMILES string of the molecule is NCC1(c2cccc3cnccc23)CCCCC1. The van der Waals surface area contributed by atoms with Crippen molar-refractivity contribution < 1.29 is 0 Å². The van der Waals surface area contributed by atoms with Crippen LogP contribution in [0.15, 0.2) is 36.7 Å². The molecule has 3 rings (SSSR count). The molecule has 0 spiro atoms. The van der Waals surface area contributed by atoms with E-state index in [0.29, 0.717) is 0 Å². The highest BCUT2D eigenvalue weighted by molar-refractivity contribution is 5.85. The molecule has 0 unspecified atom stereocenters. The first-order chi connectivity index (χ1) is 8.86. The molecule has 1 saturated carbocycles. The van der Waals surface area contributed by atoms with E-state index in [4.69, 9.17) is 5.73 Å². The summed E-state index contributed by atoms with van der Waals surface area (Å²) >= 11 is 0. The summed E-state index contributed by atoms with van der Waals surface area (Å²) in [6.07, 6.45) is 10.3. The Morgan fingerprint density at radius 2 is 1.94 bits per heavy atom. The van der Waals surface area contributed by atoms with Gasteiger partial charge in [0.15, 0.2) is 0 Å². The molecule has 1 aromatic carbocycles. The summed E-state index contributed by atoms with van der Waals surface area (Å²) in [4.78, 5) is 4.22. The average Bonchev–Trinajstić information content (AvgIpc) is 2.47. The first kappa shape index (κ1) is 11.7. The van der Waals surface area contributed by atoms with Crippen LogP contribution in [-0.4, -0.2) is 11.5 Å². The Bertz CT molecular complexity index is 536. The summed E-state index contributed by atoms with van der Waals surface area (Å²) in [7, 11) is 0. The maximum atomic E-state index is 6.15. The van der Waals surface area contributed by atoms with Crippen LogP contribution < -0.4 is 5.73 Å². The van der Waals surface area contributed by atoms with Crippen LogP contribution in [0.3, 0.4) is 0 Å². The van der Waals surface area contributed by atoms with Crippen LogP contribution in [0.2, 0.25) is 0 Å². The van der Waals surface area contributed by atoms with Crippen LogP contribution in [0.25, 0.3) is 10.8 Å². The minimum Gasteiger partial charge on any atom is -0.330 e. The number of hydrogen-bond donors (Lipinski definition) is 1.